The fraction of sp³-hybridized carbons (Fsp3) is 0.583. The molecule has 114 valence electrons. The second-order valence-corrected chi connectivity index (χ2v) is 5.98. The third-order valence-corrected chi connectivity index (χ3v) is 3.94. The van der Waals surface area contributed by atoms with Crippen molar-refractivity contribution in [3.63, 3.8) is 0 Å². The zero-order valence-corrected chi connectivity index (χ0v) is 13.4. The molecule has 0 unspecified atom stereocenters. The van der Waals surface area contributed by atoms with E-state index in [1.54, 1.807) is 23.5 Å². The van der Waals surface area contributed by atoms with E-state index in [1.165, 1.54) is 11.8 Å². The van der Waals surface area contributed by atoms with Gasteiger partial charge in [0.1, 0.15) is 5.69 Å². The molecular weight excluding hydrogens is 290 g/mol. The predicted molar refractivity (Wildman–Crippen MR) is 79.2 cm³/mol. The molecule has 0 bridgehead atoms. The van der Waals surface area contributed by atoms with Gasteiger partial charge in [0.15, 0.2) is 0 Å². The largest absolute Gasteiger partial charge is 0.350 e. The molecule has 1 N–H and O–H groups in total. The molecule has 0 aliphatic carbocycles. The van der Waals surface area contributed by atoms with Gasteiger partial charge in [-0.15, -0.1) is 5.10 Å². The van der Waals surface area contributed by atoms with E-state index in [0.29, 0.717) is 23.9 Å². The van der Waals surface area contributed by atoms with Crippen LogP contribution in [0.5, 0.6) is 0 Å². The van der Waals surface area contributed by atoms with Crippen LogP contribution < -0.4 is 5.32 Å². The van der Waals surface area contributed by atoms with Crippen LogP contribution in [0.3, 0.4) is 0 Å². The van der Waals surface area contributed by atoms with E-state index in [9.17, 15) is 4.79 Å². The smallest absolute Gasteiger partial charge is 0.269 e. The molecule has 0 aromatic carbocycles. The molecule has 2 rings (SSSR count). The Balaban J connectivity index is 1.83. The number of hydrogen-bond donors (Lipinski definition) is 1. The van der Waals surface area contributed by atoms with E-state index in [-0.39, 0.29) is 5.91 Å². The van der Waals surface area contributed by atoms with E-state index >= 15 is 0 Å². The third-order valence-electron chi connectivity index (χ3n) is 2.92. The monoisotopic (exact) mass is 309 g/mol. The minimum Gasteiger partial charge on any atom is -0.350 e. The Hall–Kier alpha value is -1.90. The third kappa shape index (κ3) is 3.81. The first-order chi connectivity index (χ1) is 9.99. The molecule has 2 aromatic rings. The summed E-state index contributed by atoms with van der Waals surface area (Å²) in [6.45, 7) is 4.64. The van der Waals surface area contributed by atoms with E-state index < -0.39 is 0 Å². The fourth-order valence-electron chi connectivity index (χ4n) is 1.73. The second-order valence-electron chi connectivity index (χ2n) is 4.92. The number of nitrogens with one attached hydrogen (secondary N) is 1. The van der Waals surface area contributed by atoms with Crippen LogP contribution in [-0.4, -0.2) is 48.2 Å². The fourth-order valence-corrected chi connectivity index (χ4v) is 2.43. The standard InChI is InChI=1S/C12H19N7OS/c1-8(2)9-7-10(18(3)15-9)11(20)13-5-6-21-12-14-16-17-19(12)4/h7-8H,5-6H2,1-4H3,(H,13,20). The maximum Gasteiger partial charge on any atom is 0.269 e. The zero-order chi connectivity index (χ0) is 15.4. The summed E-state index contributed by atoms with van der Waals surface area (Å²) in [6, 6.07) is 1.83. The molecule has 0 saturated heterocycles. The van der Waals surface area contributed by atoms with Gasteiger partial charge in [-0.05, 0) is 22.4 Å². The lowest BCUT2D eigenvalue weighted by Gasteiger charge is -2.04. The highest BCUT2D eigenvalue weighted by molar-refractivity contribution is 7.99. The lowest BCUT2D eigenvalue weighted by atomic mass is 10.1. The molecule has 8 nitrogen and oxygen atoms in total. The first kappa shape index (κ1) is 15.5. The predicted octanol–water partition coefficient (Wildman–Crippen LogP) is 0.589. The van der Waals surface area contributed by atoms with Crippen molar-refractivity contribution in [3.05, 3.63) is 17.5 Å². The lowest BCUT2D eigenvalue weighted by molar-refractivity contribution is 0.0947. The molecule has 21 heavy (non-hydrogen) atoms. The van der Waals surface area contributed by atoms with E-state index in [4.69, 9.17) is 0 Å². The molecule has 2 heterocycles. The summed E-state index contributed by atoms with van der Waals surface area (Å²) in [5.74, 6) is 0.889. The van der Waals surface area contributed by atoms with Crippen molar-refractivity contribution < 1.29 is 4.79 Å². The average Bonchev–Trinajstić information content (AvgIpc) is 3.01. The molecule has 0 saturated carbocycles. The van der Waals surface area contributed by atoms with Crippen LogP contribution in [-0.2, 0) is 14.1 Å². The number of hydrogen-bond acceptors (Lipinski definition) is 6. The summed E-state index contributed by atoms with van der Waals surface area (Å²) in [5, 5.41) is 19.1. The van der Waals surface area contributed by atoms with Gasteiger partial charge in [-0.3, -0.25) is 9.48 Å². The summed E-state index contributed by atoms with van der Waals surface area (Å²) in [7, 11) is 3.56. The van der Waals surface area contributed by atoms with Gasteiger partial charge in [0, 0.05) is 26.4 Å². The average molecular weight is 309 g/mol. The molecule has 0 radical (unpaired) electrons. The van der Waals surface area contributed by atoms with Crippen molar-refractivity contribution in [2.75, 3.05) is 12.3 Å². The Bertz CT molecular complexity index is 619. The molecule has 9 heteroatoms. The highest BCUT2D eigenvalue weighted by Crippen LogP contribution is 2.14. The van der Waals surface area contributed by atoms with Gasteiger partial charge in [-0.25, -0.2) is 4.68 Å². The van der Waals surface area contributed by atoms with Crippen LogP contribution in [0.1, 0.15) is 35.9 Å². The summed E-state index contributed by atoms with van der Waals surface area (Å²) in [6.07, 6.45) is 0. The van der Waals surface area contributed by atoms with Crippen LogP contribution in [0.4, 0.5) is 0 Å². The topological polar surface area (TPSA) is 90.5 Å². The van der Waals surface area contributed by atoms with Crippen molar-refractivity contribution in [1.82, 2.24) is 35.3 Å². The summed E-state index contributed by atoms with van der Waals surface area (Å²) in [5.41, 5.74) is 1.49. The maximum absolute atomic E-state index is 12.1. The van der Waals surface area contributed by atoms with Crippen molar-refractivity contribution in [2.24, 2.45) is 14.1 Å². The highest BCUT2D eigenvalue weighted by Gasteiger charge is 2.14. The number of carbonyl (C=O) groups excluding carboxylic acids is 1. The minimum absolute atomic E-state index is 0.117. The van der Waals surface area contributed by atoms with Crippen molar-refractivity contribution in [1.29, 1.82) is 0 Å². The number of nitrogens with zero attached hydrogens (tertiary/aromatic N) is 6. The number of tetrazole rings is 1. The summed E-state index contributed by atoms with van der Waals surface area (Å²) >= 11 is 1.49. The zero-order valence-electron chi connectivity index (χ0n) is 12.6. The number of aromatic nitrogens is 6. The Labute approximate surface area is 127 Å². The van der Waals surface area contributed by atoms with Crippen LogP contribution in [0.25, 0.3) is 0 Å². The molecule has 0 aliphatic rings. The first-order valence-corrected chi connectivity index (χ1v) is 7.65. The van der Waals surface area contributed by atoms with Crippen molar-refractivity contribution in [3.8, 4) is 0 Å². The Kier molecular flexibility index (Phi) is 4.94. The second kappa shape index (κ2) is 6.70. The number of thioether (sulfide) groups is 1. The Morgan fingerprint density at radius 2 is 2.14 bits per heavy atom. The Morgan fingerprint density at radius 3 is 2.71 bits per heavy atom. The van der Waals surface area contributed by atoms with E-state index in [2.05, 4.69) is 39.8 Å². The van der Waals surface area contributed by atoms with E-state index in [0.717, 1.165) is 10.9 Å². The van der Waals surface area contributed by atoms with Gasteiger partial charge in [-0.1, -0.05) is 25.6 Å². The number of rotatable bonds is 6. The lowest BCUT2D eigenvalue weighted by Crippen LogP contribution is -2.27. The van der Waals surface area contributed by atoms with Gasteiger partial charge >= 0.3 is 0 Å². The molecule has 0 atom stereocenters. The number of carbonyl (C=O) groups is 1. The summed E-state index contributed by atoms with van der Waals surface area (Å²) < 4.78 is 3.22. The van der Waals surface area contributed by atoms with Gasteiger partial charge < -0.3 is 5.32 Å². The van der Waals surface area contributed by atoms with Gasteiger partial charge in [0.05, 0.1) is 5.69 Å². The van der Waals surface area contributed by atoms with E-state index in [1.807, 2.05) is 6.07 Å². The van der Waals surface area contributed by atoms with Crippen molar-refractivity contribution >= 4 is 17.7 Å². The quantitative estimate of drug-likeness (QED) is 0.620. The van der Waals surface area contributed by atoms with Crippen LogP contribution in [0, 0.1) is 0 Å². The highest BCUT2D eigenvalue weighted by atomic mass is 32.2. The molecule has 0 aliphatic heterocycles. The maximum atomic E-state index is 12.1. The summed E-state index contributed by atoms with van der Waals surface area (Å²) in [4.78, 5) is 12.1. The number of aryl methyl sites for hydroxylation is 2. The number of amides is 1. The van der Waals surface area contributed by atoms with Gasteiger partial charge in [0.2, 0.25) is 5.16 Å². The Morgan fingerprint density at radius 1 is 1.38 bits per heavy atom. The molecular formula is C12H19N7OS. The first-order valence-electron chi connectivity index (χ1n) is 6.66. The molecule has 2 aromatic heterocycles. The van der Waals surface area contributed by atoms with Gasteiger partial charge in [0.25, 0.3) is 5.91 Å². The van der Waals surface area contributed by atoms with Crippen LogP contribution in [0.15, 0.2) is 11.2 Å². The van der Waals surface area contributed by atoms with Crippen molar-refractivity contribution in [2.45, 2.75) is 24.9 Å². The normalized spacial score (nSPS) is 11.1. The van der Waals surface area contributed by atoms with Crippen LogP contribution in [0.2, 0.25) is 0 Å². The molecule has 1 amide bonds. The molecule has 0 fully saturated rings. The van der Waals surface area contributed by atoms with Crippen LogP contribution >= 0.6 is 11.8 Å². The SMILES string of the molecule is CC(C)c1cc(C(=O)NCCSc2nnnn2C)n(C)n1. The minimum atomic E-state index is -0.117. The van der Waals surface area contributed by atoms with Gasteiger partial charge in [-0.2, -0.15) is 5.10 Å². The molecule has 0 spiro atoms.